The number of nitrogens with zero attached hydrogens (tertiary/aromatic N) is 3. The molecule has 1 aromatic carbocycles. The van der Waals surface area contributed by atoms with Crippen molar-refractivity contribution in [2.45, 2.75) is 13.3 Å². The summed E-state index contributed by atoms with van der Waals surface area (Å²) in [4.78, 5) is 0. The summed E-state index contributed by atoms with van der Waals surface area (Å²) in [6.45, 7) is 2.06. The van der Waals surface area contributed by atoms with E-state index in [0.717, 1.165) is 29.3 Å². The maximum atomic E-state index is 5.16. The highest BCUT2D eigenvalue weighted by molar-refractivity contribution is 5.40. The Bertz CT molecular complexity index is 701. The fourth-order valence-corrected chi connectivity index (χ4v) is 2.21. The van der Waals surface area contributed by atoms with Crippen LogP contribution in [0.1, 0.15) is 17.1 Å². The van der Waals surface area contributed by atoms with Gasteiger partial charge in [-0.25, -0.2) is 0 Å². The minimum Gasteiger partial charge on any atom is -0.497 e. The van der Waals surface area contributed by atoms with Gasteiger partial charge in [-0.15, -0.1) is 10.2 Å². The van der Waals surface area contributed by atoms with Gasteiger partial charge in [0.2, 0.25) is 0 Å². The van der Waals surface area contributed by atoms with Gasteiger partial charge in [-0.05, 0) is 36.8 Å². The molecule has 4 nitrogen and oxygen atoms in total. The fourth-order valence-electron chi connectivity index (χ4n) is 2.21. The second kappa shape index (κ2) is 4.72. The molecule has 0 spiro atoms. The SMILES string of the molecule is COc1ccc(Cc2nnc3cccc(C)n23)cc1. The van der Waals surface area contributed by atoms with Crippen molar-refractivity contribution in [2.24, 2.45) is 0 Å². The summed E-state index contributed by atoms with van der Waals surface area (Å²) in [6, 6.07) is 14.1. The molecule has 0 N–H and O–H groups in total. The highest BCUT2D eigenvalue weighted by Crippen LogP contribution is 2.15. The number of fused-ring (bicyclic) bond motifs is 1. The number of methoxy groups -OCH3 is 1. The van der Waals surface area contributed by atoms with Crippen LogP contribution in [0.4, 0.5) is 0 Å². The maximum Gasteiger partial charge on any atom is 0.160 e. The van der Waals surface area contributed by atoms with Gasteiger partial charge < -0.3 is 4.74 Å². The van der Waals surface area contributed by atoms with Crippen molar-refractivity contribution in [1.82, 2.24) is 14.6 Å². The van der Waals surface area contributed by atoms with Crippen molar-refractivity contribution in [3.05, 3.63) is 59.5 Å². The minimum atomic E-state index is 0.760. The third-order valence-corrected chi connectivity index (χ3v) is 3.21. The zero-order valence-corrected chi connectivity index (χ0v) is 11.0. The van der Waals surface area contributed by atoms with Crippen LogP contribution in [0.2, 0.25) is 0 Å². The molecule has 0 unspecified atom stereocenters. The van der Waals surface area contributed by atoms with E-state index >= 15 is 0 Å². The maximum absolute atomic E-state index is 5.16. The molecule has 3 rings (SSSR count). The van der Waals surface area contributed by atoms with Crippen molar-refractivity contribution in [3.8, 4) is 5.75 Å². The van der Waals surface area contributed by atoms with Crippen LogP contribution in [-0.2, 0) is 6.42 Å². The van der Waals surface area contributed by atoms with E-state index in [1.54, 1.807) is 7.11 Å². The molecule has 3 aromatic rings. The van der Waals surface area contributed by atoms with Crippen LogP contribution < -0.4 is 4.74 Å². The van der Waals surface area contributed by atoms with Gasteiger partial charge in [0.25, 0.3) is 0 Å². The molecule has 19 heavy (non-hydrogen) atoms. The van der Waals surface area contributed by atoms with E-state index < -0.39 is 0 Å². The zero-order valence-electron chi connectivity index (χ0n) is 11.0. The average Bonchev–Trinajstić information content (AvgIpc) is 2.84. The first-order valence-corrected chi connectivity index (χ1v) is 6.20. The molecule has 0 saturated carbocycles. The van der Waals surface area contributed by atoms with Crippen LogP contribution >= 0.6 is 0 Å². The van der Waals surface area contributed by atoms with Crippen LogP contribution in [0.25, 0.3) is 5.65 Å². The van der Waals surface area contributed by atoms with Crippen LogP contribution in [0.3, 0.4) is 0 Å². The first-order valence-electron chi connectivity index (χ1n) is 6.20. The molecule has 0 aliphatic carbocycles. The van der Waals surface area contributed by atoms with Gasteiger partial charge in [-0.1, -0.05) is 18.2 Å². The zero-order chi connectivity index (χ0) is 13.2. The van der Waals surface area contributed by atoms with Gasteiger partial charge in [-0.3, -0.25) is 4.40 Å². The van der Waals surface area contributed by atoms with E-state index in [4.69, 9.17) is 4.74 Å². The third-order valence-electron chi connectivity index (χ3n) is 3.21. The van der Waals surface area contributed by atoms with Gasteiger partial charge in [0.05, 0.1) is 7.11 Å². The van der Waals surface area contributed by atoms with Gasteiger partial charge >= 0.3 is 0 Å². The van der Waals surface area contributed by atoms with E-state index in [2.05, 4.69) is 39.7 Å². The summed E-state index contributed by atoms with van der Waals surface area (Å²) in [5.41, 5.74) is 3.23. The molecule has 4 heteroatoms. The fraction of sp³-hybridized carbons (Fsp3) is 0.200. The first-order chi connectivity index (χ1) is 9.28. The van der Waals surface area contributed by atoms with E-state index in [9.17, 15) is 0 Å². The van der Waals surface area contributed by atoms with Gasteiger partial charge in [0.15, 0.2) is 5.65 Å². The van der Waals surface area contributed by atoms with Crippen molar-refractivity contribution in [1.29, 1.82) is 0 Å². The molecule has 0 fully saturated rings. The van der Waals surface area contributed by atoms with Crippen LogP contribution in [0.5, 0.6) is 5.75 Å². The Hall–Kier alpha value is -2.36. The van der Waals surface area contributed by atoms with Crippen molar-refractivity contribution in [2.75, 3.05) is 7.11 Å². The van der Waals surface area contributed by atoms with E-state index in [1.807, 2.05) is 24.3 Å². The second-order valence-corrected chi connectivity index (χ2v) is 4.50. The van der Waals surface area contributed by atoms with Crippen LogP contribution in [0, 0.1) is 6.92 Å². The lowest BCUT2D eigenvalue weighted by Gasteiger charge is -2.04. The van der Waals surface area contributed by atoms with Crippen LogP contribution in [-0.4, -0.2) is 21.7 Å². The number of hydrogen-bond acceptors (Lipinski definition) is 3. The molecule has 0 atom stereocenters. The lowest BCUT2D eigenvalue weighted by atomic mass is 10.1. The van der Waals surface area contributed by atoms with E-state index in [1.165, 1.54) is 5.56 Å². The van der Waals surface area contributed by atoms with Gasteiger partial charge in [0.1, 0.15) is 11.6 Å². The molecule has 2 aromatic heterocycles. The topological polar surface area (TPSA) is 39.4 Å². The van der Waals surface area contributed by atoms with Gasteiger partial charge in [-0.2, -0.15) is 0 Å². The van der Waals surface area contributed by atoms with Crippen molar-refractivity contribution < 1.29 is 4.74 Å². The Morgan fingerprint density at radius 3 is 2.58 bits per heavy atom. The first kappa shape index (κ1) is 11.7. The molecule has 0 aliphatic rings. The smallest absolute Gasteiger partial charge is 0.160 e. The molecule has 96 valence electrons. The Morgan fingerprint density at radius 1 is 1.05 bits per heavy atom. The molecule has 0 saturated heterocycles. The number of ether oxygens (including phenoxy) is 1. The second-order valence-electron chi connectivity index (χ2n) is 4.50. The predicted octanol–water partition coefficient (Wildman–Crippen LogP) is 2.64. The third kappa shape index (κ3) is 2.17. The summed E-state index contributed by atoms with van der Waals surface area (Å²) in [6.07, 6.45) is 0.760. The molecular weight excluding hydrogens is 238 g/mol. The van der Waals surface area contributed by atoms with Crippen molar-refractivity contribution >= 4 is 5.65 Å². The highest BCUT2D eigenvalue weighted by atomic mass is 16.5. The summed E-state index contributed by atoms with van der Waals surface area (Å²) >= 11 is 0. The highest BCUT2D eigenvalue weighted by Gasteiger charge is 2.07. The standard InChI is InChI=1S/C15H15N3O/c1-11-4-3-5-14-16-17-15(18(11)14)10-12-6-8-13(19-2)9-7-12/h3-9H,10H2,1-2H3. The number of aromatic nitrogens is 3. The minimum absolute atomic E-state index is 0.760. The summed E-state index contributed by atoms with van der Waals surface area (Å²) in [5, 5.41) is 8.47. The Morgan fingerprint density at radius 2 is 1.84 bits per heavy atom. The number of rotatable bonds is 3. The van der Waals surface area contributed by atoms with Crippen LogP contribution in [0.15, 0.2) is 42.5 Å². The van der Waals surface area contributed by atoms with Gasteiger partial charge in [0, 0.05) is 12.1 Å². The number of hydrogen-bond donors (Lipinski definition) is 0. The largest absolute Gasteiger partial charge is 0.497 e. The molecule has 0 radical (unpaired) electrons. The molecular formula is C15H15N3O. The average molecular weight is 253 g/mol. The van der Waals surface area contributed by atoms with Crippen molar-refractivity contribution in [3.63, 3.8) is 0 Å². The Balaban J connectivity index is 1.96. The molecule has 2 heterocycles. The quantitative estimate of drug-likeness (QED) is 0.720. The Kier molecular flexibility index (Phi) is 2.91. The lowest BCUT2D eigenvalue weighted by Crippen LogP contribution is -1.99. The number of pyridine rings is 1. The summed E-state index contributed by atoms with van der Waals surface area (Å²) in [7, 11) is 1.67. The van der Waals surface area contributed by atoms with E-state index in [0.29, 0.717) is 0 Å². The summed E-state index contributed by atoms with van der Waals surface area (Å²) < 4.78 is 7.25. The number of benzene rings is 1. The molecule has 0 aliphatic heterocycles. The lowest BCUT2D eigenvalue weighted by molar-refractivity contribution is 0.414. The van der Waals surface area contributed by atoms with E-state index in [-0.39, 0.29) is 0 Å². The normalized spacial score (nSPS) is 10.8. The molecule has 0 amide bonds. The monoisotopic (exact) mass is 253 g/mol. The Labute approximate surface area is 111 Å². The summed E-state index contributed by atoms with van der Waals surface area (Å²) in [5.74, 6) is 1.82. The molecule has 0 bridgehead atoms. The number of aryl methyl sites for hydroxylation is 1. The predicted molar refractivity (Wildman–Crippen MR) is 73.5 cm³/mol.